The van der Waals surface area contributed by atoms with Crippen LogP contribution in [0.5, 0.6) is 0 Å². The van der Waals surface area contributed by atoms with Crippen molar-refractivity contribution in [2.45, 2.75) is 24.8 Å². The smallest absolute Gasteiger partial charge is 0.263 e. The topological polar surface area (TPSA) is 74.3 Å². The Kier molecular flexibility index (Phi) is 5.84. The zero-order valence-corrected chi connectivity index (χ0v) is 17.9. The molecule has 0 atom stereocenters. The Balaban J connectivity index is 1.36. The summed E-state index contributed by atoms with van der Waals surface area (Å²) in [5.74, 6) is 0. The third kappa shape index (κ3) is 4.60. The third-order valence-corrected chi connectivity index (χ3v) is 7.30. The summed E-state index contributed by atoms with van der Waals surface area (Å²) in [6, 6.07) is 13.8. The molecule has 8 heteroatoms. The van der Waals surface area contributed by atoms with Gasteiger partial charge in [0.15, 0.2) is 5.13 Å². The number of anilines is 2. The Morgan fingerprint density at radius 1 is 1.21 bits per heavy atom. The molecule has 0 aliphatic carbocycles. The molecule has 1 aliphatic rings. The van der Waals surface area contributed by atoms with Gasteiger partial charge >= 0.3 is 0 Å². The molecular weight excluding hydrogens is 404 g/mol. The van der Waals surface area contributed by atoms with Crippen molar-refractivity contribution in [1.29, 1.82) is 0 Å². The fraction of sp³-hybridized carbons (Fsp3) is 0.286. The minimum atomic E-state index is -3.61. The monoisotopic (exact) mass is 428 g/mol. The molecule has 152 valence electrons. The maximum atomic E-state index is 12.6. The van der Waals surface area contributed by atoms with Gasteiger partial charge in [-0.05, 0) is 48.2 Å². The average molecular weight is 429 g/mol. The number of nitrogens with zero attached hydrogens (tertiary/aromatic N) is 2. The largest absolute Gasteiger partial charge is 0.370 e. The van der Waals surface area contributed by atoms with Gasteiger partial charge in [0.2, 0.25) is 0 Å². The second-order valence-electron chi connectivity index (χ2n) is 7.07. The van der Waals surface area contributed by atoms with Crippen molar-refractivity contribution in [3.8, 4) is 0 Å². The van der Waals surface area contributed by atoms with E-state index in [9.17, 15) is 8.42 Å². The molecular formula is C21H24N4O2S2. The Labute approximate surface area is 175 Å². The van der Waals surface area contributed by atoms with Crippen LogP contribution in [0.4, 0.5) is 10.8 Å². The predicted octanol–water partition coefficient (Wildman–Crippen LogP) is 3.40. The Bertz CT molecular complexity index is 1080. The number of rotatable bonds is 8. The molecule has 0 spiro atoms. The van der Waals surface area contributed by atoms with E-state index in [1.54, 1.807) is 23.7 Å². The van der Waals surface area contributed by atoms with Crippen LogP contribution in [0, 0.1) is 6.92 Å². The molecule has 0 radical (unpaired) electrons. The first-order chi connectivity index (χ1) is 14.0. The second kappa shape index (κ2) is 8.52. The minimum absolute atomic E-state index is 0.283. The Hall–Kier alpha value is -2.42. The van der Waals surface area contributed by atoms with Crippen LogP contribution in [0.3, 0.4) is 0 Å². The van der Waals surface area contributed by atoms with Crippen molar-refractivity contribution in [1.82, 2.24) is 10.3 Å². The fourth-order valence-electron chi connectivity index (χ4n) is 3.54. The van der Waals surface area contributed by atoms with Gasteiger partial charge in [0, 0.05) is 43.4 Å². The number of aryl methyl sites for hydroxylation is 1. The Morgan fingerprint density at radius 3 is 2.86 bits per heavy atom. The summed E-state index contributed by atoms with van der Waals surface area (Å²) >= 11 is 1.26. The molecule has 0 saturated heterocycles. The van der Waals surface area contributed by atoms with E-state index in [2.05, 4.69) is 51.1 Å². The Morgan fingerprint density at radius 2 is 2.07 bits per heavy atom. The van der Waals surface area contributed by atoms with Gasteiger partial charge in [-0.25, -0.2) is 13.4 Å². The molecule has 2 N–H and O–H groups in total. The summed E-state index contributed by atoms with van der Waals surface area (Å²) in [7, 11) is -3.61. The molecule has 1 aromatic heterocycles. The van der Waals surface area contributed by atoms with Gasteiger partial charge in [0.25, 0.3) is 10.0 Å². The first-order valence-electron chi connectivity index (χ1n) is 9.58. The number of benzene rings is 2. The van der Waals surface area contributed by atoms with Gasteiger partial charge in [-0.2, -0.15) is 0 Å². The first-order valence-corrected chi connectivity index (χ1v) is 11.9. The molecule has 29 heavy (non-hydrogen) atoms. The van der Waals surface area contributed by atoms with Crippen LogP contribution < -0.4 is 14.9 Å². The summed E-state index contributed by atoms with van der Waals surface area (Å²) in [4.78, 5) is 6.59. The number of nitrogens with one attached hydrogen (secondary N) is 2. The SMILES string of the molecule is Cc1ccccc1CNCCN1CCc2cc(S(=O)(=O)Nc3nccs3)ccc21. The number of aromatic nitrogens is 1. The average Bonchev–Trinajstić information content (AvgIpc) is 3.35. The van der Waals surface area contributed by atoms with Crippen molar-refractivity contribution in [2.24, 2.45) is 0 Å². The first kappa shape index (κ1) is 19.9. The fourth-order valence-corrected chi connectivity index (χ4v) is 5.38. The standard InChI is InChI=1S/C21H24N4O2S2/c1-16-4-2-3-5-18(16)15-22-9-12-25-11-8-17-14-19(6-7-20(17)25)29(26,27)24-21-23-10-13-28-21/h2-7,10,13-14,22H,8-9,11-12,15H2,1H3,(H,23,24). The maximum absolute atomic E-state index is 12.6. The number of sulfonamides is 1. The van der Waals surface area contributed by atoms with E-state index in [4.69, 9.17) is 0 Å². The van der Waals surface area contributed by atoms with Gasteiger partial charge in [-0.15, -0.1) is 11.3 Å². The van der Waals surface area contributed by atoms with Crippen molar-refractivity contribution in [3.63, 3.8) is 0 Å². The van der Waals surface area contributed by atoms with E-state index in [1.807, 2.05) is 6.07 Å². The molecule has 0 fully saturated rings. The second-order valence-corrected chi connectivity index (χ2v) is 9.65. The van der Waals surface area contributed by atoms with Gasteiger partial charge in [0.1, 0.15) is 0 Å². The highest BCUT2D eigenvalue weighted by atomic mass is 32.2. The summed E-state index contributed by atoms with van der Waals surface area (Å²) in [6.07, 6.45) is 2.43. The molecule has 0 bridgehead atoms. The van der Waals surface area contributed by atoms with Gasteiger partial charge in [0.05, 0.1) is 4.90 Å². The molecule has 1 aliphatic heterocycles. The molecule has 2 heterocycles. The lowest BCUT2D eigenvalue weighted by Gasteiger charge is -2.20. The highest BCUT2D eigenvalue weighted by Gasteiger charge is 2.23. The molecule has 0 unspecified atom stereocenters. The van der Waals surface area contributed by atoms with Crippen LogP contribution in [-0.4, -0.2) is 33.0 Å². The van der Waals surface area contributed by atoms with Crippen molar-refractivity contribution < 1.29 is 8.42 Å². The molecule has 6 nitrogen and oxygen atoms in total. The van der Waals surface area contributed by atoms with Gasteiger partial charge in [-0.1, -0.05) is 24.3 Å². The van der Waals surface area contributed by atoms with E-state index < -0.39 is 10.0 Å². The van der Waals surface area contributed by atoms with Gasteiger partial charge < -0.3 is 10.2 Å². The van der Waals surface area contributed by atoms with E-state index in [0.29, 0.717) is 5.13 Å². The number of hydrogen-bond acceptors (Lipinski definition) is 6. The molecule has 4 rings (SSSR count). The van der Waals surface area contributed by atoms with E-state index in [1.165, 1.54) is 22.5 Å². The highest BCUT2D eigenvalue weighted by Crippen LogP contribution is 2.30. The van der Waals surface area contributed by atoms with Crippen LogP contribution >= 0.6 is 11.3 Å². The molecule has 2 aromatic carbocycles. The third-order valence-electron chi connectivity index (χ3n) is 5.14. The van der Waals surface area contributed by atoms with E-state index >= 15 is 0 Å². The number of fused-ring (bicyclic) bond motifs is 1. The number of thiazole rings is 1. The van der Waals surface area contributed by atoms with E-state index in [-0.39, 0.29) is 4.90 Å². The lowest BCUT2D eigenvalue weighted by atomic mass is 10.1. The van der Waals surface area contributed by atoms with Crippen LogP contribution in [0.1, 0.15) is 16.7 Å². The zero-order chi connectivity index (χ0) is 20.3. The summed E-state index contributed by atoms with van der Waals surface area (Å²) in [6.45, 7) is 5.66. The lowest BCUT2D eigenvalue weighted by molar-refractivity contribution is 0.601. The summed E-state index contributed by atoms with van der Waals surface area (Å²) in [5.41, 5.74) is 4.81. The van der Waals surface area contributed by atoms with Crippen LogP contribution in [-0.2, 0) is 23.0 Å². The zero-order valence-electron chi connectivity index (χ0n) is 16.3. The van der Waals surface area contributed by atoms with Crippen LogP contribution in [0.25, 0.3) is 0 Å². The summed E-state index contributed by atoms with van der Waals surface area (Å²) in [5, 5.41) is 5.63. The highest BCUT2D eigenvalue weighted by molar-refractivity contribution is 7.93. The van der Waals surface area contributed by atoms with Crippen LogP contribution in [0.2, 0.25) is 0 Å². The quantitative estimate of drug-likeness (QED) is 0.538. The van der Waals surface area contributed by atoms with E-state index in [0.717, 1.165) is 43.9 Å². The molecule has 0 amide bonds. The molecule has 0 saturated carbocycles. The molecule has 3 aromatic rings. The van der Waals surface area contributed by atoms with Crippen molar-refractivity contribution in [2.75, 3.05) is 29.3 Å². The maximum Gasteiger partial charge on any atom is 0.263 e. The van der Waals surface area contributed by atoms with Crippen molar-refractivity contribution in [3.05, 3.63) is 70.7 Å². The number of hydrogen-bond donors (Lipinski definition) is 2. The van der Waals surface area contributed by atoms with Gasteiger partial charge in [-0.3, -0.25) is 4.72 Å². The van der Waals surface area contributed by atoms with Crippen LogP contribution in [0.15, 0.2) is 58.9 Å². The van der Waals surface area contributed by atoms with Crippen molar-refractivity contribution >= 4 is 32.2 Å². The minimum Gasteiger partial charge on any atom is -0.370 e. The summed E-state index contributed by atoms with van der Waals surface area (Å²) < 4.78 is 27.7. The lowest BCUT2D eigenvalue weighted by Crippen LogP contribution is -2.30. The normalized spacial score (nSPS) is 13.5. The predicted molar refractivity (Wildman–Crippen MR) is 118 cm³/mol.